The predicted molar refractivity (Wildman–Crippen MR) is 82.3 cm³/mol. The molecule has 0 aliphatic carbocycles. The third-order valence-corrected chi connectivity index (χ3v) is 3.74. The fraction of sp³-hybridized carbons (Fsp3) is 0.733. The molecule has 2 heterocycles. The Hall–Kier alpha value is -1.36. The lowest BCUT2D eigenvalue weighted by Gasteiger charge is -2.38. The molecule has 1 aromatic heterocycles. The van der Waals surface area contributed by atoms with Crippen LogP contribution in [0.5, 0.6) is 0 Å². The van der Waals surface area contributed by atoms with Gasteiger partial charge < -0.3 is 15.3 Å². The molecule has 0 aromatic carbocycles. The number of β-amino-alcohol motifs (C(OH)–C–C–N with tert-alkyl or cyclic N) is 1. The van der Waals surface area contributed by atoms with Crippen molar-refractivity contribution in [3.05, 3.63) is 11.9 Å². The van der Waals surface area contributed by atoms with E-state index >= 15 is 0 Å². The van der Waals surface area contributed by atoms with Crippen LogP contribution in [-0.2, 0) is 6.42 Å². The van der Waals surface area contributed by atoms with Crippen LogP contribution in [0.2, 0.25) is 0 Å². The van der Waals surface area contributed by atoms with Crippen LogP contribution in [-0.4, -0.2) is 40.3 Å². The number of aromatic nitrogens is 2. The van der Waals surface area contributed by atoms with Gasteiger partial charge in [0.05, 0.1) is 5.60 Å². The van der Waals surface area contributed by atoms with Crippen molar-refractivity contribution in [2.24, 2.45) is 0 Å². The van der Waals surface area contributed by atoms with E-state index in [2.05, 4.69) is 34.0 Å². The first-order valence-corrected chi connectivity index (χ1v) is 7.62. The molecular weight excluding hydrogens is 252 g/mol. The van der Waals surface area contributed by atoms with Crippen molar-refractivity contribution < 1.29 is 5.11 Å². The summed E-state index contributed by atoms with van der Waals surface area (Å²) in [6, 6.07) is 0. The van der Waals surface area contributed by atoms with Crippen molar-refractivity contribution in [1.82, 2.24) is 9.97 Å². The molecule has 112 valence electrons. The van der Waals surface area contributed by atoms with E-state index in [9.17, 15) is 5.11 Å². The molecule has 1 fully saturated rings. The second kappa shape index (κ2) is 6.39. The van der Waals surface area contributed by atoms with Gasteiger partial charge in [0.15, 0.2) is 0 Å². The second-order valence-corrected chi connectivity index (χ2v) is 5.83. The molecule has 1 unspecified atom stereocenters. The smallest absolute Gasteiger partial charge is 0.137 e. The highest BCUT2D eigenvalue weighted by Crippen LogP contribution is 2.30. The zero-order chi connectivity index (χ0) is 14.6. The molecule has 1 saturated heterocycles. The zero-order valence-corrected chi connectivity index (χ0v) is 12.8. The van der Waals surface area contributed by atoms with E-state index in [1.807, 2.05) is 6.92 Å². The Labute approximate surface area is 121 Å². The molecule has 2 N–H and O–H groups in total. The van der Waals surface area contributed by atoms with Gasteiger partial charge in [-0.15, -0.1) is 0 Å². The quantitative estimate of drug-likeness (QED) is 0.864. The standard InChI is InChI=1S/C15H26N4O/c1-4-7-12-13(16-5-2)17-11-18-14(12)19-9-6-8-15(3,20)10-19/h11,20H,4-10H2,1-3H3,(H,16,17,18). The maximum Gasteiger partial charge on any atom is 0.137 e. The number of anilines is 2. The molecule has 0 amide bonds. The van der Waals surface area contributed by atoms with Crippen LogP contribution in [0.15, 0.2) is 6.33 Å². The highest BCUT2D eigenvalue weighted by atomic mass is 16.3. The summed E-state index contributed by atoms with van der Waals surface area (Å²) in [5, 5.41) is 13.6. The van der Waals surface area contributed by atoms with Crippen LogP contribution < -0.4 is 10.2 Å². The van der Waals surface area contributed by atoms with Crippen molar-refractivity contribution in [2.45, 2.75) is 52.1 Å². The molecule has 5 nitrogen and oxygen atoms in total. The molecule has 1 aromatic rings. The Morgan fingerprint density at radius 1 is 1.40 bits per heavy atom. The van der Waals surface area contributed by atoms with Crippen LogP contribution in [0.3, 0.4) is 0 Å². The Kier molecular flexibility index (Phi) is 4.81. The van der Waals surface area contributed by atoms with Crippen molar-refractivity contribution in [3.8, 4) is 0 Å². The van der Waals surface area contributed by atoms with E-state index < -0.39 is 5.60 Å². The van der Waals surface area contributed by atoms with E-state index in [1.54, 1.807) is 6.33 Å². The number of aliphatic hydroxyl groups is 1. The van der Waals surface area contributed by atoms with E-state index in [0.29, 0.717) is 6.54 Å². The van der Waals surface area contributed by atoms with Gasteiger partial charge in [0.1, 0.15) is 18.0 Å². The Bertz CT molecular complexity index is 447. The summed E-state index contributed by atoms with van der Waals surface area (Å²) in [6.07, 6.45) is 5.49. The monoisotopic (exact) mass is 278 g/mol. The molecule has 5 heteroatoms. The first kappa shape index (κ1) is 15.0. The largest absolute Gasteiger partial charge is 0.388 e. The topological polar surface area (TPSA) is 61.3 Å². The normalized spacial score (nSPS) is 22.9. The van der Waals surface area contributed by atoms with Gasteiger partial charge in [0.25, 0.3) is 0 Å². The van der Waals surface area contributed by atoms with Gasteiger partial charge in [-0.1, -0.05) is 13.3 Å². The Morgan fingerprint density at radius 3 is 2.85 bits per heavy atom. The van der Waals surface area contributed by atoms with Gasteiger partial charge in [-0.2, -0.15) is 0 Å². The van der Waals surface area contributed by atoms with Crippen LogP contribution in [0.4, 0.5) is 11.6 Å². The minimum atomic E-state index is -0.620. The molecule has 1 aliphatic heterocycles. The third kappa shape index (κ3) is 3.39. The first-order chi connectivity index (χ1) is 9.57. The van der Waals surface area contributed by atoms with E-state index in [0.717, 1.165) is 50.4 Å². The maximum atomic E-state index is 10.3. The molecule has 1 atom stereocenters. The molecule has 0 radical (unpaired) electrons. The molecule has 0 spiro atoms. The fourth-order valence-corrected chi connectivity index (χ4v) is 2.88. The maximum absolute atomic E-state index is 10.3. The lowest BCUT2D eigenvalue weighted by Crippen LogP contribution is -2.46. The molecular formula is C15H26N4O. The Morgan fingerprint density at radius 2 is 2.20 bits per heavy atom. The summed E-state index contributed by atoms with van der Waals surface area (Å²) in [5.74, 6) is 1.92. The summed E-state index contributed by atoms with van der Waals surface area (Å²) in [7, 11) is 0. The Balaban J connectivity index is 2.32. The average Bonchev–Trinajstić information content (AvgIpc) is 2.40. The second-order valence-electron chi connectivity index (χ2n) is 5.83. The molecule has 20 heavy (non-hydrogen) atoms. The van der Waals surface area contributed by atoms with E-state index in [4.69, 9.17) is 0 Å². The lowest BCUT2D eigenvalue weighted by atomic mass is 9.94. The minimum absolute atomic E-state index is 0.620. The van der Waals surface area contributed by atoms with Crippen LogP contribution >= 0.6 is 0 Å². The number of hydrogen-bond acceptors (Lipinski definition) is 5. The zero-order valence-electron chi connectivity index (χ0n) is 12.8. The number of nitrogens with zero attached hydrogens (tertiary/aromatic N) is 3. The van der Waals surface area contributed by atoms with Crippen molar-refractivity contribution in [2.75, 3.05) is 29.9 Å². The van der Waals surface area contributed by atoms with Crippen LogP contribution in [0.25, 0.3) is 0 Å². The molecule has 2 rings (SSSR count). The summed E-state index contributed by atoms with van der Waals surface area (Å²) in [6.45, 7) is 8.60. The highest BCUT2D eigenvalue weighted by Gasteiger charge is 2.30. The van der Waals surface area contributed by atoms with Crippen molar-refractivity contribution in [1.29, 1.82) is 0 Å². The van der Waals surface area contributed by atoms with E-state index in [-0.39, 0.29) is 0 Å². The number of nitrogens with one attached hydrogen (secondary N) is 1. The van der Waals surface area contributed by atoms with Crippen LogP contribution in [0.1, 0.15) is 45.6 Å². The van der Waals surface area contributed by atoms with Gasteiger partial charge in [-0.3, -0.25) is 0 Å². The lowest BCUT2D eigenvalue weighted by molar-refractivity contribution is 0.0446. The number of piperidine rings is 1. The summed E-state index contributed by atoms with van der Waals surface area (Å²) < 4.78 is 0. The van der Waals surface area contributed by atoms with E-state index in [1.165, 1.54) is 5.56 Å². The number of rotatable bonds is 5. The highest BCUT2D eigenvalue weighted by molar-refractivity contribution is 5.59. The van der Waals surface area contributed by atoms with Crippen molar-refractivity contribution in [3.63, 3.8) is 0 Å². The van der Waals surface area contributed by atoms with Gasteiger partial charge in [-0.05, 0) is 33.1 Å². The average molecular weight is 278 g/mol. The van der Waals surface area contributed by atoms with Gasteiger partial charge in [0, 0.05) is 25.2 Å². The minimum Gasteiger partial charge on any atom is -0.388 e. The first-order valence-electron chi connectivity index (χ1n) is 7.62. The SMILES string of the molecule is CCCc1c(NCC)ncnc1N1CCCC(C)(O)C1. The molecule has 1 aliphatic rings. The summed E-state index contributed by atoms with van der Waals surface area (Å²) in [5.41, 5.74) is 0.556. The van der Waals surface area contributed by atoms with Gasteiger partial charge >= 0.3 is 0 Å². The van der Waals surface area contributed by atoms with Gasteiger partial charge in [-0.25, -0.2) is 9.97 Å². The van der Waals surface area contributed by atoms with Crippen molar-refractivity contribution >= 4 is 11.6 Å². The summed E-state index contributed by atoms with van der Waals surface area (Å²) in [4.78, 5) is 11.1. The summed E-state index contributed by atoms with van der Waals surface area (Å²) >= 11 is 0. The fourth-order valence-electron chi connectivity index (χ4n) is 2.88. The predicted octanol–water partition coefficient (Wildman–Crippen LogP) is 2.21. The number of hydrogen-bond donors (Lipinski definition) is 2. The third-order valence-electron chi connectivity index (χ3n) is 3.74. The molecule has 0 saturated carbocycles. The molecule has 0 bridgehead atoms. The van der Waals surface area contributed by atoms with Gasteiger partial charge in [0.2, 0.25) is 0 Å². The van der Waals surface area contributed by atoms with Crippen LogP contribution in [0, 0.1) is 0 Å².